The van der Waals surface area contributed by atoms with E-state index in [2.05, 4.69) is 0 Å². The summed E-state index contributed by atoms with van der Waals surface area (Å²) in [7, 11) is 0. The Morgan fingerprint density at radius 3 is 2.48 bits per heavy atom. The number of fused-ring (bicyclic) bond motifs is 1. The molecule has 0 radical (unpaired) electrons. The Bertz CT molecular complexity index is 1120. The summed E-state index contributed by atoms with van der Waals surface area (Å²) >= 11 is 1.28. The molecule has 27 heavy (non-hydrogen) atoms. The molecule has 0 aliphatic rings. The first-order chi connectivity index (χ1) is 12.9. The van der Waals surface area contributed by atoms with E-state index in [4.69, 9.17) is 0 Å². The summed E-state index contributed by atoms with van der Waals surface area (Å²) in [5, 5.41) is 1.78. The number of amides is 1. The van der Waals surface area contributed by atoms with Crippen molar-refractivity contribution in [3.8, 4) is 5.69 Å². The molecule has 6 nitrogen and oxygen atoms in total. The smallest absolute Gasteiger partial charge is 0.336 e. The molecule has 2 aromatic heterocycles. The summed E-state index contributed by atoms with van der Waals surface area (Å²) < 4.78 is 3.08. The highest BCUT2D eigenvalue weighted by Crippen LogP contribution is 2.18. The first-order valence-electron chi connectivity index (χ1n) is 8.97. The second-order valence-corrected chi connectivity index (χ2v) is 7.42. The van der Waals surface area contributed by atoms with Gasteiger partial charge in [-0.05, 0) is 56.3 Å². The van der Waals surface area contributed by atoms with Gasteiger partial charge in [0.05, 0.1) is 11.2 Å². The summed E-state index contributed by atoms with van der Waals surface area (Å²) in [4.78, 5) is 40.6. The lowest BCUT2D eigenvalue weighted by Crippen LogP contribution is -2.42. The molecule has 1 amide bonds. The van der Waals surface area contributed by atoms with Crippen molar-refractivity contribution in [1.29, 1.82) is 0 Å². The number of thiophene rings is 1. The van der Waals surface area contributed by atoms with Gasteiger partial charge in [0.15, 0.2) is 0 Å². The van der Waals surface area contributed by atoms with Crippen molar-refractivity contribution in [1.82, 2.24) is 14.0 Å². The molecule has 0 saturated carbocycles. The topological polar surface area (TPSA) is 64.3 Å². The van der Waals surface area contributed by atoms with Gasteiger partial charge in [-0.25, -0.2) is 9.36 Å². The van der Waals surface area contributed by atoms with Crippen LogP contribution < -0.4 is 11.2 Å². The molecule has 3 aromatic rings. The molecule has 0 bridgehead atoms. The molecule has 0 unspecified atom stereocenters. The van der Waals surface area contributed by atoms with Gasteiger partial charge in [-0.15, -0.1) is 11.3 Å². The summed E-state index contributed by atoms with van der Waals surface area (Å²) in [5.74, 6) is -0.138. The lowest BCUT2D eigenvalue weighted by Gasteiger charge is -2.20. The van der Waals surface area contributed by atoms with Gasteiger partial charge in [0.25, 0.3) is 5.56 Å². The minimum atomic E-state index is -0.486. The molecule has 0 fully saturated rings. The molecule has 7 heteroatoms. The van der Waals surface area contributed by atoms with E-state index < -0.39 is 5.69 Å². The fourth-order valence-corrected chi connectivity index (χ4v) is 4.05. The van der Waals surface area contributed by atoms with Crippen LogP contribution in [0.2, 0.25) is 0 Å². The molecular formula is C20H23N3O3S. The van der Waals surface area contributed by atoms with Crippen LogP contribution in [0.3, 0.4) is 0 Å². The van der Waals surface area contributed by atoms with Gasteiger partial charge in [0.1, 0.15) is 11.2 Å². The third-order valence-corrected chi connectivity index (χ3v) is 5.66. The molecule has 1 aromatic carbocycles. The van der Waals surface area contributed by atoms with Crippen molar-refractivity contribution in [2.24, 2.45) is 0 Å². The minimum absolute atomic E-state index is 0.0844. The van der Waals surface area contributed by atoms with E-state index >= 15 is 0 Å². The number of hydrogen-bond acceptors (Lipinski definition) is 4. The maximum absolute atomic E-state index is 13.3. The predicted molar refractivity (Wildman–Crippen MR) is 109 cm³/mol. The van der Waals surface area contributed by atoms with Gasteiger partial charge in [0, 0.05) is 13.1 Å². The molecule has 0 saturated heterocycles. The Labute approximate surface area is 161 Å². The third kappa shape index (κ3) is 3.35. The summed E-state index contributed by atoms with van der Waals surface area (Å²) in [6.45, 7) is 8.66. The van der Waals surface area contributed by atoms with Crippen LogP contribution in [-0.2, 0) is 11.3 Å². The second-order valence-electron chi connectivity index (χ2n) is 6.50. The maximum Gasteiger partial charge on any atom is 0.336 e. The minimum Gasteiger partial charge on any atom is -0.342 e. The van der Waals surface area contributed by atoms with Crippen LogP contribution in [0, 0.1) is 13.8 Å². The van der Waals surface area contributed by atoms with E-state index in [-0.39, 0.29) is 18.0 Å². The molecule has 0 aliphatic carbocycles. The number of carbonyl (C=O) groups excluding carboxylic acids is 1. The van der Waals surface area contributed by atoms with Gasteiger partial charge < -0.3 is 4.90 Å². The molecule has 0 aliphatic heterocycles. The molecule has 0 atom stereocenters. The van der Waals surface area contributed by atoms with Crippen molar-refractivity contribution in [3.63, 3.8) is 0 Å². The monoisotopic (exact) mass is 385 g/mol. The summed E-state index contributed by atoms with van der Waals surface area (Å²) in [6.07, 6.45) is 0. The molecule has 3 rings (SSSR count). The standard InChI is InChI=1S/C20H23N3O3S/c1-5-21(6-2)17(24)12-22-15-9-10-27-18(15)19(25)23(20(22)26)16-11-13(3)7-8-14(16)4/h7-11H,5-6,12H2,1-4H3. The quantitative estimate of drug-likeness (QED) is 0.678. The van der Waals surface area contributed by atoms with Crippen LogP contribution >= 0.6 is 11.3 Å². The molecule has 0 spiro atoms. The van der Waals surface area contributed by atoms with E-state index in [1.54, 1.807) is 16.3 Å². The largest absolute Gasteiger partial charge is 0.342 e. The van der Waals surface area contributed by atoms with Crippen molar-refractivity contribution >= 4 is 27.5 Å². The molecule has 2 heterocycles. The zero-order valence-electron chi connectivity index (χ0n) is 16.0. The van der Waals surface area contributed by atoms with Crippen molar-refractivity contribution in [2.45, 2.75) is 34.2 Å². The lowest BCUT2D eigenvalue weighted by atomic mass is 10.1. The maximum atomic E-state index is 13.3. The van der Waals surface area contributed by atoms with Gasteiger partial charge in [-0.3, -0.25) is 14.2 Å². The average molecular weight is 385 g/mol. The fourth-order valence-electron chi connectivity index (χ4n) is 3.22. The van der Waals surface area contributed by atoms with E-state index in [1.807, 2.05) is 45.9 Å². The van der Waals surface area contributed by atoms with E-state index in [0.29, 0.717) is 29.0 Å². The highest BCUT2D eigenvalue weighted by Gasteiger charge is 2.20. The number of hydrogen-bond donors (Lipinski definition) is 0. The van der Waals surface area contributed by atoms with Crippen LogP contribution in [-0.4, -0.2) is 33.0 Å². The first kappa shape index (κ1) is 19.1. The molecule has 0 N–H and O–H groups in total. The fraction of sp³-hybridized carbons (Fsp3) is 0.350. The Kier molecular flexibility index (Phi) is 5.32. The van der Waals surface area contributed by atoms with Gasteiger partial charge in [0.2, 0.25) is 5.91 Å². The van der Waals surface area contributed by atoms with Crippen LogP contribution in [0.25, 0.3) is 15.9 Å². The molecule has 142 valence electrons. The Hall–Kier alpha value is -2.67. The van der Waals surface area contributed by atoms with Crippen molar-refractivity contribution in [3.05, 3.63) is 61.6 Å². The average Bonchev–Trinajstić information content (AvgIpc) is 3.12. The lowest BCUT2D eigenvalue weighted by molar-refractivity contribution is -0.131. The highest BCUT2D eigenvalue weighted by molar-refractivity contribution is 7.17. The molecular weight excluding hydrogens is 362 g/mol. The van der Waals surface area contributed by atoms with E-state index in [9.17, 15) is 14.4 Å². The third-order valence-electron chi connectivity index (χ3n) is 4.77. The van der Waals surface area contributed by atoms with Crippen molar-refractivity contribution in [2.75, 3.05) is 13.1 Å². The number of aryl methyl sites for hydroxylation is 2. The van der Waals surface area contributed by atoms with Crippen LogP contribution in [0.4, 0.5) is 0 Å². The predicted octanol–water partition coefficient (Wildman–Crippen LogP) is 2.70. The summed E-state index contributed by atoms with van der Waals surface area (Å²) in [6, 6.07) is 7.39. The first-order valence-corrected chi connectivity index (χ1v) is 9.85. The SMILES string of the molecule is CCN(CC)C(=O)Cn1c(=O)n(-c2cc(C)ccc2C)c(=O)c2sccc21. The van der Waals surface area contributed by atoms with Crippen LogP contribution in [0.15, 0.2) is 39.2 Å². The van der Waals surface area contributed by atoms with Crippen LogP contribution in [0.1, 0.15) is 25.0 Å². The number of aromatic nitrogens is 2. The number of likely N-dealkylation sites (N-methyl/N-ethyl adjacent to an activating group) is 1. The zero-order valence-corrected chi connectivity index (χ0v) is 16.8. The number of nitrogens with zero attached hydrogens (tertiary/aromatic N) is 3. The van der Waals surface area contributed by atoms with Crippen LogP contribution in [0.5, 0.6) is 0 Å². The highest BCUT2D eigenvalue weighted by atomic mass is 32.1. The Morgan fingerprint density at radius 2 is 1.81 bits per heavy atom. The Morgan fingerprint density at radius 1 is 1.11 bits per heavy atom. The van der Waals surface area contributed by atoms with Gasteiger partial charge in [-0.1, -0.05) is 12.1 Å². The van der Waals surface area contributed by atoms with Gasteiger partial charge in [-0.2, -0.15) is 0 Å². The van der Waals surface area contributed by atoms with E-state index in [1.165, 1.54) is 20.5 Å². The van der Waals surface area contributed by atoms with Gasteiger partial charge >= 0.3 is 5.69 Å². The zero-order chi connectivity index (χ0) is 19.7. The Balaban J connectivity index is 2.28. The van der Waals surface area contributed by atoms with Crippen molar-refractivity contribution < 1.29 is 4.79 Å². The number of rotatable bonds is 5. The number of benzene rings is 1. The number of carbonyl (C=O) groups is 1. The summed E-state index contributed by atoms with van der Waals surface area (Å²) in [5.41, 5.74) is 2.03. The van der Waals surface area contributed by atoms with E-state index in [0.717, 1.165) is 11.1 Å². The second kappa shape index (κ2) is 7.52. The normalized spacial score (nSPS) is 11.1.